The summed E-state index contributed by atoms with van der Waals surface area (Å²) in [5.41, 5.74) is 1.92. The van der Waals surface area contributed by atoms with E-state index >= 15 is 0 Å². The van der Waals surface area contributed by atoms with Crippen LogP contribution in [-0.4, -0.2) is 37.4 Å². The van der Waals surface area contributed by atoms with Crippen molar-refractivity contribution in [1.82, 2.24) is 8.87 Å². The molecule has 2 heterocycles. The first-order valence-electron chi connectivity index (χ1n) is 10.6. The number of rotatable bonds is 3. The number of fused-ring (bicyclic) bond motifs is 2. The standard InChI is InChI=1S/C25H26N2O2S/c1-26-16-7-10-20(15-17-26)23-18-27(24-13-5-4-12-22(23)24)30(28,29)25-14-6-9-19-8-2-3-11-21(19)25/h2-6,8-9,11-14,18,20H,7,10,15-17H2,1H3. The molecule has 4 nitrogen and oxygen atoms in total. The van der Waals surface area contributed by atoms with E-state index in [1.807, 2.05) is 60.8 Å². The molecule has 0 N–H and O–H groups in total. The molecule has 1 unspecified atom stereocenters. The predicted octanol–water partition coefficient (Wildman–Crippen LogP) is 5.23. The topological polar surface area (TPSA) is 42.3 Å². The Balaban J connectivity index is 1.69. The molecule has 0 radical (unpaired) electrons. The number of nitrogens with zero attached hydrogens (tertiary/aromatic N) is 2. The minimum atomic E-state index is -3.72. The highest BCUT2D eigenvalue weighted by molar-refractivity contribution is 7.90. The van der Waals surface area contributed by atoms with Crippen molar-refractivity contribution in [2.45, 2.75) is 30.1 Å². The lowest BCUT2D eigenvalue weighted by Crippen LogP contribution is -2.18. The molecule has 0 spiro atoms. The molecule has 0 amide bonds. The molecule has 1 fully saturated rings. The molecule has 1 saturated heterocycles. The number of aromatic nitrogens is 1. The molecule has 0 saturated carbocycles. The third-order valence-electron chi connectivity index (χ3n) is 6.39. The molecule has 0 aliphatic carbocycles. The Hall–Kier alpha value is -2.63. The first kappa shape index (κ1) is 19.3. The maximum atomic E-state index is 13.8. The van der Waals surface area contributed by atoms with E-state index in [9.17, 15) is 8.42 Å². The van der Waals surface area contributed by atoms with Crippen LogP contribution in [0.1, 0.15) is 30.7 Å². The second-order valence-corrected chi connectivity index (χ2v) is 10.1. The molecule has 154 valence electrons. The lowest BCUT2D eigenvalue weighted by molar-refractivity contribution is 0.347. The molecule has 3 aromatic carbocycles. The quantitative estimate of drug-likeness (QED) is 0.457. The number of hydrogen-bond acceptors (Lipinski definition) is 3. The normalized spacial score (nSPS) is 18.6. The molecule has 1 aliphatic heterocycles. The van der Waals surface area contributed by atoms with Gasteiger partial charge in [0.05, 0.1) is 10.4 Å². The van der Waals surface area contributed by atoms with Gasteiger partial charge in [-0.15, -0.1) is 0 Å². The lowest BCUT2D eigenvalue weighted by Gasteiger charge is -2.14. The SMILES string of the molecule is CN1CCCC(c2cn(S(=O)(=O)c3cccc4ccccc34)c3ccccc23)CC1. The molecule has 30 heavy (non-hydrogen) atoms. The lowest BCUT2D eigenvalue weighted by atomic mass is 9.92. The summed E-state index contributed by atoms with van der Waals surface area (Å²) in [5.74, 6) is 0.379. The first-order chi connectivity index (χ1) is 14.6. The van der Waals surface area contributed by atoms with E-state index in [2.05, 4.69) is 18.0 Å². The number of likely N-dealkylation sites (tertiary alicyclic amines) is 1. The minimum Gasteiger partial charge on any atom is -0.306 e. The van der Waals surface area contributed by atoms with Crippen LogP contribution in [0.25, 0.3) is 21.7 Å². The van der Waals surface area contributed by atoms with Crippen LogP contribution in [0.15, 0.2) is 77.8 Å². The van der Waals surface area contributed by atoms with Gasteiger partial charge in [0.2, 0.25) is 0 Å². The third-order valence-corrected chi connectivity index (χ3v) is 8.12. The summed E-state index contributed by atoms with van der Waals surface area (Å²) in [5, 5.41) is 2.74. The molecular weight excluding hydrogens is 392 g/mol. The Kier molecular flexibility index (Phi) is 4.88. The van der Waals surface area contributed by atoms with Crippen molar-refractivity contribution in [2.75, 3.05) is 20.1 Å². The van der Waals surface area contributed by atoms with Gasteiger partial charge in [-0.25, -0.2) is 12.4 Å². The average molecular weight is 419 g/mol. The second kappa shape index (κ2) is 7.56. The van der Waals surface area contributed by atoms with E-state index in [0.29, 0.717) is 10.8 Å². The van der Waals surface area contributed by atoms with Crippen molar-refractivity contribution in [3.05, 3.63) is 78.5 Å². The van der Waals surface area contributed by atoms with E-state index in [-0.39, 0.29) is 0 Å². The van der Waals surface area contributed by atoms with E-state index in [0.717, 1.165) is 59.6 Å². The molecule has 0 bridgehead atoms. The van der Waals surface area contributed by atoms with Crippen LogP contribution in [0.2, 0.25) is 0 Å². The summed E-state index contributed by atoms with van der Waals surface area (Å²) in [6.45, 7) is 2.14. The van der Waals surface area contributed by atoms with Gasteiger partial charge in [0.25, 0.3) is 10.0 Å². The molecule has 5 heteroatoms. The Morgan fingerprint density at radius 3 is 2.43 bits per heavy atom. The van der Waals surface area contributed by atoms with Crippen LogP contribution in [0.4, 0.5) is 0 Å². The zero-order chi connectivity index (χ0) is 20.7. The van der Waals surface area contributed by atoms with Crippen LogP contribution in [0, 0.1) is 0 Å². The highest BCUT2D eigenvalue weighted by atomic mass is 32.2. The number of hydrogen-bond donors (Lipinski definition) is 0. The maximum absolute atomic E-state index is 13.8. The van der Waals surface area contributed by atoms with E-state index < -0.39 is 10.0 Å². The summed E-state index contributed by atoms with van der Waals surface area (Å²) in [4.78, 5) is 2.72. The molecular formula is C25H26N2O2S. The van der Waals surface area contributed by atoms with Crippen LogP contribution in [0.3, 0.4) is 0 Å². The minimum absolute atomic E-state index is 0.355. The van der Waals surface area contributed by atoms with Crippen molar-refractivity contribution in [3.8, 4) is 0 Å². The van der Waals surface area contributed by atoms with Crippen LogP contribution < -0.4 is 0 Å². The summed E-state index contributed by atoms with van der Waals surface area (Å²) < 4.78 is 29.2. The molecule has 1 aliphatic rings. The van der Waals surface area contributed by atoms with Gasteiger partial charge in [-0.05, 0) is 68.4 Å². The number of benzene rings is 3. The van der Waals surface area contributed by atoms with Gasteiger partial charge in [0, 0.05) is 17.0 Å². The van der Waals surface area contributed by atoms with Crippen molar-refractivity contribution < 1.29 is 8.42 Å². The van der Waals surface area contributed by atoms with Crippen LogP contribution in [-0.2, 0) is 10.0 Å². The Bertz CT molecular complexity index is 1320. The summed E-state index contributed by atoms with van der Waals surface area (Å²) in [7, 11) is -1.56. The van der Waals surface area contributed by atoms with Gasteiger partial charge < -0.3 is 4.90 Å². The Morgan fingerprint density at radius 1 is 0.833 bits per heavy atom. The Morgan fingerprint density at radius 2 is 1.57 bits per heavy atom. The second-order valence-electron chi connectivity index (χ2n) is 8.31. The maximum Gasteiger partial charge on any atom is 0.268 e. The molecule has 4 aromatic rings. The van der Waals surface area contributed by atoms with Gasteiger partial charge >= 0.3 is 0 Å². The number of para-hydroxylation sites is 1. The van der Waals surface area contributed by atoms with Gasteiger partial charge in [0.15, 0.2) is 0 Å². The van der Waals surface area contributed by atoms with Crippen molar-refractivity contribution in [1.29, 1.82) is 0 Å². The van der Waals surface area contributed by atoms with Crippen LogP contribution >= 0.6 is 0 Å². The average Bonchev–Trinajstić information content (AvgIpc) is 3.03. The predicted molar refractivity (Wildman–Crippen MR) is 123 cm³/mol. The summed E-state index contributed by atoms with van der Waals surface area (Å²) in [6, 6.07) is 21.1. The highest BCUT2D eigenvalue weighted by Crippen LogP contribution is 2.36. The largest absolute Gasteiger partial charge is 0.306 e. The molecule has 1 aromatic heterocycles. The zero-order valence-electron chi connectivity index (χ0n) is 17.2. The summed E-state index contributed by atoms with van der Waals surface area (Å²) in [6.07, 6.45) is 5.17. The van der Waals surface area contributed by atoms with Crippen LogP contribution in [0.5, 0.6) is 0 Å². The van der Waals surface area contributed by atoms with E-state index in [1.54, 1.807) is 6.07 Å². The van der Waals surface area contributed by atoms with Crippen molar-refractivity contribution >= 4 is 31.7 Å². The van der Waals surface area contributed by atoms with Gasteiger partial charge in [-0.3, -0.25) is 0 Å². The van der Waals surface area contributed by atoms with Gasteiger partial charge in [-0.1, -0.05) is 54.6 Å². The van der Waals surface area contributed by atoms with Gasteiger partial charge in [-0.2, -0.15) is 0 Å². The first-order valence-corrected chi connectivity index (χ1v) is 12.0. The fraction of sp³-hybridized carbons (Fsp3) is 0.280. The fourth-order valence-corrected chi connectivity index (χ4v) is 6.37. The van der Waals surface area contributed by atoms with Crippen molar-refractivity contribution in [2.24, 2.45) is 0 Å². The smallest absolute Gasteiger partial charge is 0.268 e. The highest BCUT2D eigenvalue weighted by Gasteiger charge is 2.26. The fourth-order valence-electron chi connectivity index (χ4n) is 4.78. The van der Waals surface area contributed by atoms with E-state index in [4.69, 9.17) is 0 Å². The van der Waals surface area contributed by atoms with E-state index in [1.165, 1.54) is 3.97 Å². The summed E-state index contributed by atoms with van der Waals surface area (Å²) >= 11 is 0. The molecule has 5 rings (SSSR count). The van der Waals surface area contributed by atoms with Gasteiger partial charge in [0.1, 0.15) is 0 Å². The third kappa shape index (κ3) is 3.22. The van der Waals surface area contributed by atoms with Crippen molar-refractivity contribution in [3.63, 3.8) is 0 Å². The molecule has 1 atom stereocenters. The zero-order valence-corrected chi connectivity index (χ0v) is 18.0. The Labute approximate surface area is 177 Å². The monoisotopic (exact) mass is 418 g/mol.